The van der Waals surface area contributed by atoms with Gasteiger partial charge in [0.1, 0.15) is 23.6 Å². The molecule has 1 saturated heterocycles. The summed E-state index contributed by atoms with van der Waals surface area (Å²) in [5.41, 5.74) is 1.48. The van der Waals surface area contributed by atoms with Gasteiger partial charge >= 0.3 is 6.36 Å². The molecular weight excluding hydrogens is 463 g/mol. The molecule has 0 spiro atoms. The molecule has 3 heterocycles. The number of ether oxygens (including phenoxy) is 2. The van der Waals surface area contributed by atoms with Crippen molar-refractivity contribution in [1.29, 1.82) is 0 Å². The summed E-state index contributed by atoms with van der Waals surface area (Å²) in [6.45, 7) is 0.317. The van der Waals surface area contributed by atoms with Crippen LogP contribution in [0, 0.1) is 0 Å². The van der Waals surface area contributed by atoms with Gasteiger partial charge in [-0.15, -0.1) is 13.2 Å². The number of para-hydroxylation sites is 2. The average molecular weight is 483 g/mol. The van der Waals surface area contributed by atoms with E-state index in [1.807, 2.05) is 0 Å². The van der Waals surface area contributed by atoms with E-state index < -0.39 is 12.4 Å². The van der Waals surface area contributed by atoms with Crippen LogP contribution in [0.2, 0.25) is 0 Å². The van der Waals surface area contributed by atoms with Crippen molar-refractivity contribution >= 4 is 17.5 Å². The number of amides is 2. The lowest BCUT2D eigenvalue weighted by atomic mass is 10.1. The number of carbonyl (C=O) groups is 2. The molecule has 7 nitrogen and oxygen atoms in total. The molecule has 10 heteroatoms. The van der Waals surface area contributed by atoms with E-state index in [-0.39, 0.29) is 36.8 Å². The predicted molar refractivity (Wildman–Crippen MR) is 119 cm³/mol. The van der Waals surface area contributed by atoms with Gasteiger partial charge in [0.25, 0.3) is 5.91 Å². The highest BCUT2D eigenvalue weighted by atomic mass is 19.4. The highest BCUT2D eigenvalue weighted by Crippen LogP contribution is 2.37. The Morgan fingerprint density at radius 3 is 2.57 bits per heavy atom. The largest absolute Gasteiger partial charge is 0.573 e. The Labute approximate surface area is 198 Å². The van der Waals surface area contributed by atoms with E-state index in [1.165, 1.54) is 40.3 Å². The molecule has 5 rings (SSSR count). The van der Waals surface area contributed by atoms with E-state index in [1.54, 1.807) is 42.6 Å². The summed E-state index contributed by atoms with van der Waals surface area (Å²) in [7, 11) is 0. The zero-order valence-electron chi connectivity index (χ0n) is 18.3. The Balaban J connectivity index is 1.46. The highest BCUT2D eigenvalue weighted by Gasteiger charge is 2.45. The van der Waals surface area contributed by atoms with Crippen molar-refractivity contribution in [1.82, 2.24) is 9.88 Å². The zero-order chi connectivity index (χ0) is 24.6. The number of hydrogen-bond acceptors (Lipinski definition) is 5. The molecule has 2 aliphatic heterocycles. The SMILES string of the molecule is O=C1[C@@H]2C[C@@H](CN2C(=O)c2cccnc2)Oc2ccccc2N1Cc1ccc(OC(F)(F)F)cc1. The lowest BCUT2D eigenvalue weighted by Gasteiger charge is -2.32. The monoisotopic (exact) mass is 483 g/mol. The van der Waals surface area contributed by atoms with Gasteiger partial charge in [0.15, 0.2) is 0 Å². The summed E-state index contributed by atoms with van der Waals surface area (Å²) in [5, 5.41) is 0. The molecule has 35 heavy (non-hydrogen) atoms. The van der Waals surface area contributed by atoms with Crippen molar-refractivity contribution in [3.63, 3.8) is 0 Å². The average Bonchev–Trinajstić information content (AvgIpc) is 3.27. The number of hydrogen-bond donors (Lipinski definition) is 0. The smallest absolute Gasteiger partial charge is 0.486 e. The van der Waals surface area contributed by atoms with Gasteiger partial charge in [0, 0.05) is 18.8 Å². The Bertz CT molecular complexity index is 1230. The second-order valence-corrected chi connectivity index (χ2v) is 8.27. The van der Waals surface area contributed by atoms with E-state index in [0.29, 0.717) is 29.0 Å². The fourth-order valence-electron chi connectivity index (χ4n) is 4.40. The molecule has 0 unspecified atom stereocenters. The van der Waals surface area contributed by atoms with E-state index in [2.05, 4.69) is 9.72 Å². The summed E-state index contributed by atoms with van der Waals surface area (Å²) in [6, 6.07) is 14.9. The van der Waals surface area contributed by atoms with Crippen molar-refractivity contribution in [3.05, 3.63) is 84.2 Å². The fraction of sp³-hybridized carbons (Fsp3) is 0.240. The van der Waals surface area contributed by atoms with Crippen molar-refractivity contribution < 1.29 is 32.2 Å². The number of alkyl halides is 3. The minimum Gasteiger partial charge on any atom is -0.486 e. The van der Waals surface area contributed by atoms with Crippen LogP contribution in [0.3, 0.4) is 0 Å². The quantitative estimate of drug-likeness (QED) is 0.557. The Morgan fingerprint density at radius 1 is 1.09 bits per heavy atom. The zero-order valence-corrected chi connectivity index (χ0v) is 18.3. The Morgan fingerprint density at radius 2 is 1.86 bits per heavy atom. The first-order chi connectivity index (χ1) is 16.8. The van der Waals surface area contributed by atoms with Gasteiger partial charge in [-0.1, -0.05) is 24.3 Å². The van der Waals surface area contributed by atoms with Crippen LogP contribution < -0.4 is 14.4 Å². The van der Waals surface area contributed by atoms with Gasteiger partial charge in [-0.25, -0.2) is 0 Å². The number of benzene rings is 2. The lowest BCUT2D eigenvalue weighted by molar-refractivity contribution is -0.274. The van der Waals surface area contributed by atoms with Crippen LogP contribution in [-0.4, -0.2) is 46.8 Å². The maximum Gasteiger partial charge on any atom is 0.573 e. The van der Waals surface area contributed by atoms with Crippen LogP contribution in [-0.2, 0) is 11.3 Å². The molecular formula is C25H20F3N3O4. The predicted octanol–water partition coefficient (Wildman–Crippen LogP) is 4.19. The van der Waals surface area contributed by atoms with Gasteiger partial charge in [-0.2, -0.15) is 0 Å². The number of anilines is 1. The molecule has 0 N–H and O–H groups in total. The van der Waals surface area contributed by atoms with Gasteiger partial charge in [0.05, 0.1) is 24.3 Å². The Hall–Kier alpha value is -4.08. The number of rotatable bonds is 4. The summed E-state index contributed by atoms with van der Waals surface area (Å²) >= 11 is 0. The first-order valence-corrected chi connectivity index (χ1v) is 10.9. The maximum atomic E-state index is 13.8. The third-order valence-electron chi connectivity index (χ3n) is 5.93. The van der Waals surface area contributed by atoms with Crippen molar-refractivity contribution in [2.75, 3.05) is 11.4 Å². The van der Waals surface area contributed by atoms with Gasteiger partial charge in [-0.05, 0) is 42.0 Å². The standard InChI is InChI=1S/C25H20F3N3O4/c26-25(27,28)35-18-9-7-16(8-10-18)14-30-20-5-1-2-6-22(20)34-19-12-21(24(30)33)31(15-19)23(32)17-4-3-11-29-13-17/h1-11,13,19,21H,12,14-15H2/t19-,21-/m0/s1. The molecule has 2 amide bonds. The molecule has 2 aromatic carbocycles. The molecule has 0 saturated carbocycles. The number of nitrogens with zero attached hydrogens (tertiary/aromatic N) is 3. The van der Waals surface area contributed by atoms with Gasteiger partial charge in [-0.3, -0.25) is 14.6 Å². The van der Waals surface area contributed by atoms with Crippen LogP contribution in [0.15, 0.2) is 73.1 Å². The number of pyridine rings is 1. The maximum absolute atomic E-state index is 13.8. The number of fused-ring (bicyclic) bond motifs is 3. The molecule has 0 aliphatic carbocycles. The number of halogens is 3. The molecule has 2 aliphatic rings. The molecule has 2 atom stereocenters. The topological polar surface area (TPSA) is 72.0 Å². The van der Waals surface area contributed by atoms with Crippen LogP contribution in [0.25, 0.3) is 0 Å². The van der Waals surface area contributed by atoms with Gasteiger partial charge in [0.2, 0.25) is 5.91 Å². The second-order valence-electron chi connectivity index (χ2n) is 8.27. The number of likely N-dealkylation sites (tertiary alicyclic amines) is 1. The van der Waals surface area contributed by atoms with Crippen LogP contribution in [0.5, 0.6) is 11.5 Å². The Kier molecular flexibility index (Phi) is 5.80. The minimum atomic E-state index is -4.79. The van der Waals surface area contributed by atoms with Crippen LogP contribution in [0.1, 0.15) is 22.3 Å². The molecule has 2 bridgehead atoms. The summed E-state index contributed by atoms with van der Waals surface area (Å²) in [5.74, 6) is -0.467. The van der Waals surface area contributed by atoms with Crippen molar-refractivity contribution in [2.45, 2.75) is 31.5 Å². The summed E-state index contributed by atoms with van der Waals surface area (Å²) in [4.78, 5) is 34.0. The summed E-state index contributed by atoms with van der Waals surface area (Å²) < 4.78 is 47.6. The van der Waals surface area contributed by atoms with E-state index in [9.17, 15) is 22.8 Å². The molecule has 180 valence electrons. The molecule has 0 radical (unpaired) electrons. The second kappa shape index (κ2) is 8.94. The fourth-order valence-corrected chi connectivity index (χ4v) is 4.40. The first kappa shape index (κ1) is 22.7. The van der Waals surface area contributed by atoms with Crippen LogP contribution in [0.4, 0.5) is 18.9 Å². The number of carbonyl (C=O) groups excluding carboxylic acids is 2. The lowest BCUT2D eigenvalue weighted by Crippen LogP contribution is -2.47. The van der Waals surface area contributed by atoms with Gasteiger partial charge < -0.3 is 19.3 Å². The molecule has 1 aromatic heterocycles. The van der Waals surface area contributed by atoms with Crippen molar-refractivity contribution in [2.24, 2.45) is 0 Å². The van der Waals surface area contributed by atoms with Crippen LogP contribution >= 0.6 is 0 Å². The molecule has 1 fully saturated rings. The highest BCUT2D eigenvalue weighted by molar-refractivity contribution is 6.03. The summed E-state index contributed by atoms with van der Waals surface area (Å²) in [6.07, 6.45) is -1.80. The minimum absolute atomic E-state index is 0.0710. The van der Waals surface area contributed by atoms with E-state index in [4.69, 9.17) is 4.74 Å². The van der Waals surface area contributed by atoms with E-state index in [0.717, 1.165) is 0 Å². The van der Waals surface area contributed by atoms with E-state index >= 15 is 0 Å². The molecule has 3 aromatic rings. The third-order valence-corrected chi connectivity index (χ3v) is 5.93. The van der Waals surface area contributed by atoms with Crippen molar-refractivity contribution in [3.8, 4) is 11.5 Å². The number of aromatic nitrogens is 1. The first-order valence-electron chi connectivity index (χ1n) is 10.9. The normalized spacial score (nSPS) is 19.5. The third kappa shape index (κ3) is 4.77.